The largest absolute Gasteiger partial charge is 0.337 e. The fraction of sp³-hybridized carbons (Fsp3) is 0.941. The van der Waals surface area contributed by atoms with Crippen LogP contribution in [-0.4, -0.2) is 48.4 Å². The van der Waals surface area contributed by atoms with Gasteiger partial charge in [0.25, 0.3) is 0 Å². The second-order valence-electron chi connectivity index (χ2n) is 8.31. The van der Waals surface area contributed by atoms with Crippen molar-refractivity contribution in [3.63, 3.8) is 0 Å². The summed E-state index contributed by atoms with van der Waals surface area (Å²) >= 11 is 0. The van der Waals surface area contributed by atoms with Crippen molar-refractivity contribution in [1.82, 2.24) is 9.80 Å². The number of piperazine rings is 1. The highest BCUT2D eigenvalue weighted by molar-refractivity contribution is 5.83. The number of carbonyl (C=O) groups excluding carboxylic acids is 1. The summed E-state index contributed by atoms with van der Waals surface area (Å²) in [4.78, 5) is 17.9. The zero-order valence-corrected chi connectivity index (χ0v) is 13.0. The molecule has 0 spiro atoms. The highest BCUT2D eigenvalue weighted by atomic mass is 16.2. The fourth-order valence-corrected chi connectivity index (χ4v) is 6.12. The summed E-state index contributed by atoms with van der Waals surface area (Å²) in [5, 5.41) is 0. The maximum absolute atomic E-state index is 13.3. The molecule has 4 saturated carbocycles. The maximum atomic E-state index is 13.3. The van der Waals surface area contributed by atoms with Crippen molar-refractivity contribution in [2.75, 3.05) is 26.7 Å². The van der Waals surface area contributed by atoms with Gasteiger partial charge < -0.3 is 9.80 Å². The number of amides is 1. The van der Waals surface area contributed by atoms with E-state index in [1.165, 1.54) is 38.5 Å². The van der Waals surface area contributed by atoms with E-state index in [1.54, 1.807) is 0 Å². The van der Waals surface area contributed by atoms with Gasteiger partial charge in [-0.05, 0) is 70.3 Å². The van der Waals surface area contributed by atoms with Gasteiger partial charge in [0.2, 0.25) is 5.91 Å². The van der Waals surface area contributed by atoms with E-state index >= 15 is 0 Å². The third kappa shape index (κ3) is 1.93. The monoisotopic (exact) mass is 276 g/mol. The van der Waals surface area contributed by atoms with Gasteiger partial charge in [0.05, 0.1) is 5.41 Å². The zero-order valence-electron chi connectivity index (χ0n) is 13.0. The molecule has 20 heavy (non-hydrogen) atoms. The number of carbonyl (C=O) groups is 1. The van der Waals surface area contributed by atoms with Crippen molar-refractivity contribution in [3.8, 4) is 0 Å². The molecule has 1 aliphatic heterocycles. The number of rotatable bonds is 1. The third-order valence-corrected chi connectivity index (χ3v) is 6.58. The molecule has 4 aliphatic carbocycles. The summed E-state index contributed by atoms with van der Waals surface area (Å²) in [6.07, 6.45) is 7.88. The van der Waals surface area contributed by atoms with Gasteiger partial charge in [0.15, 0.2) is 0 Å². The van der Waals surface area contributed by atoms with Crippen LogP contribution in [0.2, 0.25) is 0 Å². The van der Waals surface area contributed by atoms with Crippen LogP contribution in [0.25, 0.3) is 0 Å². The molecule has 0 aromatic carbocycles. The summed E-state index contributed by atoms with van der Waals surface area (Å²) < 4.78 is 0. The quantitative estimate of drug-likeness (QED) is 0.734. The van der Waals surface area contributed by atoms with E-state index in [1.807, 2.05) is 0 Å². The molecule has 5 fully saturated rings. The molecule has 4 bridgehead atoms. The Balaban J connectivity index is 1.56. The van der Waals surface area contributed by atoms with E-state index < -0.39 is 0 Å². The molecule has 0 radical (unpaired) electrons. The molecule has 1 amide bonds. The van der Waals surface area contributed by atoms with Crippen LogP contribution in [0.15, 0.2) is 0 Å². The van der Waals surface area contributed by atoms with Gasteiger partial charge >= 0.3 is 0 Å². The SMILES string of the molecule is CC1CN(C)CCN1C(=O)C12CC3CC(CC(C3)C1)C2. The van der Waals surface area contributed by atoms with E-state index in [2.05, 4.69) is 23.8 Å². The lowest BCUT2D eigenvalue weighted by molar-refractivity contribution is -0.162. The van der Waals surface area contributed by atoms with Gasteiger partial charge in [-0.1, -0.05) is 0 Å². The molecule has 3 heteroatoms. The van der Waals surface area contributed by atoms with E-state index in [0.29, 0.717) is 11.9 Å². The van der Waals surface area contributed by atoms with Crippen LogP contribution in [0.5, 0.6) is 0 Å². The molecule has 0 aromatic heterocycles. The van der Waals surface area contributed by atoms with Crippen LogP contribution in [0.3, 0.4) is 0 Å². The highest BCUT2D eigenvalue weighted by Crippen LogP contribution is 2.60. The lowest BCUT2D eigenvalue weighted by Crippen LogP contribution is -2.60. The van der Waals surface area contributed by atoms with Crippen molar-refractivity contribution < 1.29 is 4.79 Å². The van der Waals surface area contributed by atoms with Crippen molar-refractivity contribution >= 4 is 5.91 Å². The molecule has 1 saturated heterocycles. The first-order valence-corrected chi connectivity index (χ1v) is 8.55. The minimum atomic E-state index is 0.0545. The molecule has 1 unspecified atom stereocenters. The average molecular weight is 276 g/mol. The van der Waals surface area contributed by atoms with Crippen molar-refractivity contribution in [2.45, 2.75) is 51.5 Å². The first kappa shape index (κ1) is 13.1. The van der Waals surface area contributed by atoms with Crippen LogP contribution < -0.4 is 0 Å². The van der Waals surface area contributed by atoms with E-state index in [4.69, 9.17) is 0 Å². The third-order valence-electron chi connectivity index (χ3n) is 6.58. The summed E-state index contributed by atoms with van der Waals surface area (Å²) in [5.74, 6) is 3.13. The molecule has 3 nitrogen and oxygen atoms in total. The lowest BCUT2D eigenvalue weighted by Gasteiger charge is -2.57. The van der Waals surface area contributed by atoms with Crippen molar-refractivity contribution in [2.24, 2.45) is 23.2 Å². The number of hydrogen-bond donors (Lipinski definition) is 0. The van der Waals surface area contributed by atoms with Crippen LogP contribution in [0.1, 0.15) is 45.4 Å². The number of nitrogens with zero attached hydrogens (tertiary/aromatic N) is 2. The summed E-state index contributed by atoms with van der Waals surface area (Å²) in [6.45, 7) is 5.26. The highest BCUT2D eigenvalue weighted by Gasteiger charge is 2.56. The normalized spacial score (nSPS) is 47.8. The van der Waals surface area contributed by atoms with Crippen molar-refractivity contribution in [3.05, 3.63) is 0 Å². The lowest BCUT2D eigenvalue weighted by atomic mass is 9.49. The number of hydrogen-bond acceptors (Lipinski definition) is 2. The van der Waals surface area contributed by atoms with Crippen LogP contribution in [0, 0.1) is 23.2 Å². The minimum Gasteiger partial charge on any atom is -0.337 e. The minimum absolute atomic E-state index is 0.0545. The molecular weight excluding hydrogens is 248 g/mol. The molecule has 112 valence electrons. The van der Waals surface area contributed by atoms with Crippen LogP contribution in [0.4, 0.5) is 0 Å². The first-order valence-electron chi connectivity index (χ1n) is 8.55. The molecule has 0 N–H and O–H groups in total. The Kier molecular flexibility index (Phi) is 2.93. The molecule has 1 heterocycles. The average Bonchev–Trinajstić information content (AvgIpc) is 2.36. The van der Waals surface area contributed by atoms with Gasteiger partial charge in [0.1, 0.15) is 0 Å². The van der Waals surface area contributed by atoms with E-state index in [9.17, 15) is 4.79 Å². The molecule has 1 atom stereocenters. The molecule has 5 aliphatic rings. The standard InChI is InChI=1S/C17H28N2O/c1-12-11-18(2)3-4-19(12)16(20)17-8-13-5-14(9-17)7-15(6-13)10-17/h12-15H,3-11H2,1-2H3. The summed E-state index contributed by atoms with van der Waals surface area (Å²) in [7, 11) is 2.17. The van der Waals surface area contributed by atoms with Crippen LogP contribution in [-0.2, 0) is 4.79 Å². The topological polar surface area (TPSA) is 23.6 Å². The van der Waals surface area contributed by atoms with Gasteiger partial charge in [-0.2, -0.15) is 0 Å². The zero-order chi connectivity index (χ0) is 13.9. The van der Waals surface area contributed by atoms with Crippen LogP contribution >= 0.6 is 0 Å². The predicted molar refractivity (Wildman–Crippen MR) is 79.3 cm³/mol. The first-order chi connectivity index (χ1) is 9.56. The molecular formula is C17H28N2O. The van der Waals surface area contributed by atoms with Gasteiger partial charge in [-0.25, -0.2) is 0 Å². The Hall–Kier alpha value is -0.570. The Morgan fingerprint density at radius 2 is 1.55 bits per heavy atom. The Bertz CT molecular complexity index is 384. The second-order valence-corrected chi connectivity index (χ2v) is 8.31. The van der Waals surface area contributed by atoms with E-state index in [0.717, 1.165) is 37.4 Å². The summed E-state index contributed by atoms with van der Waals surface area (Å²) in [6, 6.07) is 0.397. The van der Waals surface area contributed by atoms with Gasteiger partial charge in [-0.15, -0.1) is 0 Å². The molecule has 5 rings (SSSR count). The summed E-state index contributed by atoms with van der Waals surface area (Å²) in [5.41, 5.74) is 0.0545. The Morgan fingerprint density at radius 1 is 1.00 bits per heavy atom. The Labute approximate surface area is 122 Å². The maximum Gasteiger partial charge on any atom is 0.229 e. The Morgan fingerprint density at radius 3 is 2.05 bits per heavy atom. The smallest absolute Gasteiger partial charge is 0.229 e. The fourth-order valence-electron chi connectivity index (χ4n) is 6.12. The van der Waals surface area contributed by atoms with E-state index in [-0.39, 0.29) is 5.41 Å². The molecule has 0 aromatic rings. The van der Waals surface area contributed by atoms with Gasteiger partial charge in [0, 0.05) is 25.7 Å². The predicted octanol–water partition coefficient (Wildman–Crippen LogP) is 2.37. The van der Waals surface area contributed by atoms with Gasteiger partial charge in [-0.3, -0.25) is 4.79 Å². The van der Waals surface area contributed by atoms with Crippen molar-refractivity contribution in [1.29, 1.82) is 0 Å². The second kappa shape index (κ2) is 4.46. The number of likely N-dealkylation sites (N-methyl/N-ethyl adjacent to an activating group) is 1.